The lowest BCUT2D eigenvalue weighted by Crippen LogP contribution is -2.29. The number of carbonyl (C=O) groups excluding carboxylic acids is 1. The Bertz CT molecular complexity index is 729. The Kier molecular flexibility index (Phi) is 6.16. The Balaban J connectivity index is 1.76. The van der Waals surface area contributed by atoms with Crippen LogP contribution in [-0.4, -0.2) is 11.6 Å². The van der Waals surface area contributed by atoms with Crippen molar-refractivity contribution in [3.05, 3.63) is 77.9 Å². The van der Waals surface area contributed by atoms with Crippen molar-refractivity contribution in [3.8, 4) is 0 Å². The normalized spacial score (nSPS) is 16.1. The van der Waals surface area contributed by atoms with E-state index in [1.165, 1.54) is 6.42 Å². The second kappa shape index (κ2) is 8.97. The molecule has 1 aliphatic carbocycles. The predicted octanol–water partition coefficient (Wildman–Crippen LogP) is 4.80. The maximum absolute atomic E-state index is 12.4. The lowest BCUT2D eigenvalue weighted by atomic mass is 9.89. The first-order valence-corrected chi connectivity index (χ1v) is 8.99. The molecule has 3 nitrogen and oxygen atoms in total. The van der Waals surface area contributed by atoms with Crippen LogP contribution in [0.1, 0.15) is 43.2 Å². The van der Waals surface area contributed by atoms with Gasteiger partial charge in [-0.3, -0.25) is 4.79 Å². The van der Waals surface area contributed by atoms with E-state index in [1.54, 1.807) is 0 Å². The van der Waals surface area contributed by atoms with Gasteiger partial charge in [-0.25, -0.2) is 5.43 Å². The molecule has 128 valence electrons. The smallest absolute Gasteiger partial charge is 0.243 e. The summed E-state index contributed by atoms with van der Waals surface area (Å²) in [5, 5.41) is 4.41. The zero-order valence-corrected chi connectivity index (χ0v) is 14.4. The summed E-state index contributed by atoms with van der Waals surface area (Å²) < 4.78 is 0. The van der Waals surface area contributed by atoms with Gasteiger partial charge in [0.05, 0.1) is 5.71 Å². The number of amides is 1. The lowest BCUT2D eigenvalue weighted by Gasteiger charge is -2.19. The molecule has 25 heavy (non-hydrogen) atoms. The molecule has 1 fully saturated rings. The Morgan fingerprint density at radius 1 is 0.920 bits per heavy atom. The van der Waals surface area contributed by atoms with Crippen molar-refractivity contribution in [3.63, 3.8) is 0 Å². The third kappa shape index (κ3) is 5.15. The molecule has 0 unspecified atom stereocenters. The number of hydrogen-bond donors (Lipinski definition) is 1. The second-order valence-corrected chi connectivity index (χ2v) is 6.42. The number of nitrogens with one attached hydrogen (secondary N) is 1. The molecule has 0 radical (unpaired) electrons. The van der Waals surface area contributed by atoms with Crippen molar-refractivity contribution in [2.45, 2.75) is 32.1 Å². The Labute approximate surface area is 149 Å². The molecule has 1 saturated carbocycles. The zero-order valence-electron chi connectivity index (χ0n) is 14.4. The number of hydrogen-bond acceptors (Lipinski definition) is 2. The summed E-state index contributed by atoms with van der Waals surface area (Å²) in [4.78, 5) is 12.4. The Morgan fingerprint density at radius 2 is 1.56 bits per heavy atom. The summed E-state index contributed by atoms with van der Waals surface area (Å²) in [7, 11) is 0. The molecule has 0 saturated heterocycles. The fourth-order valence-corrected chi connectivity index (χ4v) is 3.12. The summed E-state index contributed by atoms with van der Waals surface area (Å²) in [6, 6.07) is 20.0. The minimum atomic E-state index is 0.0428. The topological polar surface area (TPSA) is 41.5 Å². The Morgan fingerprint density at radius 3 is 2.24 bits per heavy atom. The van der Waals surface area contributed by atoms with Gasteiger partial charge in [-0.05, 0) is 24.5 Å². The van der Waals surface area contributed by atoms with Gasteiger partial charge in [0.1, 0.15) is 0 Å². The maximum atomic E-state index is 12.4. The van der Waals surface area contributed by atoms with E-state index in [0.29, 0.717) is 0 Å². The lowest BCUT2D eigenvalue weighted by molar-refractivity contribution is -0.125. The first-order chi connectivity index (χ1) is 12.3. The maximum Gasteiger partial charge on any atom is 0.243 e. The largest absolute Gasteiger partial charge is 0.273 e. The van der Waals surface area contributed by atoms with Crippen molar-refractivity contribution < 1.29 is 4.79 Å². The molecule has 2 aromatic rings. The summed E-state index contributed by atoms with van der Waals surface area (Å²) >= 11 is 0. The molecule has 0 aliphatic heterocycles. The van der Waals surface area contributed by atoms with E-state index in [-0.39, 0.29) is 11.8 Å². The summed E-state index contributed by atoms with van der Waals surface area (Å²) in [6.07, 6.45) is 9.43. The molecular formula is C22H24N2O. The summed E-state index contributed by atoms with van der Waals surface area (Å²) in [5.74, 6) is 0.147. The van der Waals surface area contributed by atoms with Crippen LogP contribution < -0.4 is 5.43 Å². The average molecular weight is 332 g/mol. The molecule has 0 heterocycles. The molecule has 0 atom stereocenters. The van der Waals surface area contributed by atoms with Crippen molar-refractivity contribution in [1.82, 2.24) is 5.43 Å². The molecular weight excluding hydrogens is 308 g/mol. The van der Waals surface area contributed by atoms with Gasteiger partial charge in [-0.15, -0.1) is 0 Å². The summed E-state index contributed by atoms with van der Waals surface area (Å²) in [5.41, 5.74) is 5.63. The first kappa shape index (κ1) is 17.2. The number of allylic oxidation sites excluding steroid dienone is 1. The van der Waals surface area contributed by atoms with E-state index in [9.17, 15) is 4.79 Å². The van der Waals surface area contributed by atoms with Crippen molar-refractivity contribution in [2.24, 2.45) is 11.0 Å². The number of benzene rings is 2. The standard InChI is InChI=1S/C22H24N2O/c25-22(20-14-8-3-9-15-20)24-23-21(19-12-6-2-7-13-19)17-16-18-10-4-1-5-11-18/h1-2,4-7,10-13,16-17,20H,3,8-9,14-15H2,(H,24,25)/b17-16+,23-21+. The minimum Gasteiger partial charge on any atom is -0.273 e. The zero-order chi connectivity index (χ0) is 17.3. The van der Waals surface area contributed by atoms with E-state index in [1.807, 2.05) is 72.8 Å². The van der Waals surface area contributed by atoms with Crippen molar-refractivity contribution in [2.75, 3.05) is 0 Å². The van der Waals surface area contributed by atoms with Crippen LogP contribution >= 0.6 is 0 Å². The van der Waals surface area contributed by atoms with Gasteiger partial charge in [0.25, 0.3) is 0 Å². The van der Waals surface area contributed by atoms with Crippen LogP contribution in [0.4, 0.5) is 0 Å². The average Bonchev–Trinajstić information content (AvgIpc) is 2.70. The van der Waals surface area contributed by atoms with E-state index >= 15 is 0 Å². The molecule has 0 aromatic heterocycles. The second-order valence-electron chi connectivity index (χ2n) is 6.42. The quantitative estimate of drug-likeness (QED) is 0.620. The number of nitrogens with zero attached hydrogens (tertiary/aromatic N) is 1. The van der Waals surface area contributed by atoms with Gasteiger partial charge < -0.3 is 0 Å². The highest BCUT2D eigenvalue weighted by molar-refractivity contribution is 6.11. The van der Waals surface area contributed by atoms with E-state index in [4.69, 9.17) is 0 Å². The van der Waals surface area contributed by atoms with Gasteiger partial charge >= 0.3 is 0 Å². The Hall–Kier alpha value is -2.68. The van der Waals surface area contributed by atoms with Gasteiger partial charge in [0.15, 0.2) is 0 Å². The highest BCUT2D eigenvalue weighted by Crippen LogP contribution is 2.23. The van der Waals surface area contributed by atoms with Crippen LogP contribution in [0.5, 0.6) is 0 Å². The van der Waals surface area contributed by atoms with E-state index in [2.05, 4.69) is 10.5 Å². The van der Waals surface area contributed by atoms with Gasteiger partial charge in [-0.2, -0.15) is 5.10 Å². The molecule has 0 spiro atoms. The predicted molar refractivity (Wildman–Crippen MR) is 103 cm³/mol. The molecule has 2 aromatic carbocycles. The SMILES string of the molecule is O=C(N/N=C(\C=C\c1ccccc1)c1ccccc1)C1CCCCC1. The third-order valence-electron chi connectivity index (χ3n) is 4.57. The highest BCUT2D eigenvalue weighted by Gasteiger charge is 2.20. The van der Waals surface area contributed by atoms with Crippen LogP contribution in [0.25, 0.3) is 6.08 Å². The fraction of sp³-hybridized carbons (Fsp3) is 0.273. The number of rotatable bonds is 5. The fourth-order valence-electron chi connectivity index (χ4n) is 3.12. The molecule has 0 bridgehead atoms. The number of carbonyl (C=O) groups is 1. The monoisotopic (exact) mass is 332 g/mol. The molecule has 1 amide bonds. The van der Waals surface area contributed by atoms with Gasteiger partial charge in [-0.1, -0.05) is 86.0 Å². The highest BCUT2D eigenvalue weighted by atomic mass is 16.2. The molecule has 1 aliphatic rings. The van der Waals surface area contributed by atoms with Gasteiger partial charge in [0, 0.05) is 11.5 Å². The number of hydrazone groups is 1. The third-order valence-corrected chi connectivity index (χ3v) is 4.57. The van der Waals surface area contributed by atoms with Crippen LogP contribution in [0.15, 0.2) is 71.8 Å². The minimum absolute atomic E-state index is 0.0428. The van der Waals surface area contributed by atoms with Gasteiger partial charge in [0.2, 0.25) is 5.91 Å². The molecule has 3 heteroatoms. The summed E-state index contributed by atoms with van der Waals surface area (Å²) in [6.45, 7) is 0. The van der Waals surface area contributed by atoms with E-state index in [0.717, 1.165) is 42.5 Å². The first-order valence-electron chi connectivity index (χ1n) is 8.99. The van der Waals surface area contributed by atoms with Crippen LogP contribution in [0, 0.1) is 5.92 Å². The molecule has 1 N–H and O–H groups in total. The van der Waals surface area contributed by atoms with E-state index < -0.39 is 0 Å². The van der Waals surface area contributed by atoms with Crippen LogP contribution in [0.2, 0.25) is 0 Å². The van der Waals surface area contributed by atoms with Crippen molar-refractivity contribution in [1.29, 1.82) is 0 Å². The molecule has 3 rings (SSSR count). The van der Waals surface area contributed by atoms with Crippen LogP contribution in [-0.2, 0) is 4.79 Å². The van der Waals surface area contributed by atoms with Crippen LogP contribution in [0.3, 0.4) is 0 Å². The van der Waals surface area contributed by atoms with Crippen molar-refractivity contribution >= 4 is 17.7 Å².